The number of rotatable bonds is 5. The van der Waals surface area contributed by atoms with E-state index < -0.39 is 11.9 Å². The van der Waals surface area contributed by atoms with Gasteiger partial charge in [-0.25, -0.2) is 0 Å². The summed E-state index contributed by atoms with van der Waals surface area (Å²) in [6, 6.07) is 6.87. The summed E-state index contributed by atoms with van der Waals surface area (Å²) in [6.07, 6.45) is 0. The van der Waals surface area contributed by atoms with Gasteiger partial charge in [0.25, 0.3) is 0 Å². The second-order valence-electron chi connectivity index (χ2n) is 3.11. The van der Waals surface area contributed by atoms with Crippen molar-refractivity contribution in [1.82, 2.24) is 5.32 Å². The minimum Gasteiger partial charge on any atom is -0.468 e. The van der Waals surface area contributed by atoms with Crippen molar-refractivity contribution in [2.24, 2.45) is 0 Å². The molecule has 0 aliphatic rings. The number of carbonyl (C=O) groups is 2. The van der Waals surface area contributed by atoms with E-state index in [-0.39, 0.29) is 13.1 Å². The average molecular weight is 302 g/mol. The van der Waals surface area contributed by atoms with Gasteiger partial charge in [-0.15, -0.1) is 0 Å². The van der Waals surface area contributed by atoms with Crippen LogP contribution in [0.5, 0.6) is 5.75 Å². The van der Waals surface area contributed by atoms with E-state index in [4.69, 9.17) is 4.74 Å². The minimum atomic E-state index is -0.462. The third-order valence-electron chi connectivity index (χ3n) is 1.81. The van der Waals surface area contributed by atoms with Crippen LogP contribution in [0.15, 0.2) is 28.7 Å². The molecular formula is C11H12BrNO4. The number of carbonyl (C=O) groups excluding carboxylic acids is 2. The van der Waals surface area contributed by atoms with Crippen molar-refractivity contribution >= 4 is 27.9 Å². The minimum absolute atomic E-state index is 0.0219. The summed E-state index contributed by atoms with van der Waals surface area (Å²) in [4.78, 5) is 22.1. The molecule has 0 aliphatic carbocycles. The molecule has 0 heterocycles. The lowest BCUT2D eigenvalue weighted by atomic mass is 10.3. The zero-order valence-corrected chi connectivity index (χ0v) is 10.8. The van der Waals surface area contributed by atoms with Crippen LogP contribution >= 0.6 is 15.9 Å². The molecule has 1 aromatic carbocycles. The molecule has 1 N–H and O–H groups in total. The molecule has 0 atom stereocenters. The van der Waals surface area contributed by atoms with Crippen LogP contribution in [0.2, 0.25) is 0 Å². The van der Waals surface area contributed by atoms with E-state index >= 15 is 0 Å². The third-order valence-corrected chi connectivity index (χ3v) is 2.34. The van der Waals surface area contributed by atoms with Gasteiger partial charge in [0.05, 0.1) is 20.2 Å². The second-order valence-corrected chi connectivity index (χ2v) is 4.02. The summed E-state index contributed by atoms with van der Waals surface area (Å²) in [5.74, 6) is -0.435. The average Bonchev–Trinajstić information content (AvgIpc) is 2.32. The number of benzene rings is 1. The Hall–Kier alpha value is -1.40. The number of ether oxygens (including phenoxy) is 2. The maximum Gasteiger partial charge on any atom is 0.325 e. The molecule has 0 saturated carbocycles. The summed E-state index contributed by atoms with van der Waals surface area (Å²) >= 11 is 3.27. The molecule has 0 bridgehead atoms. The summed E-state index contributed by atoms with van der Waals surface area (Å²) < 4.78 is 10.3. The molecule has 0 radical (unpaired) electrons. The maximum atomic E-state index is 11.3. The molecule has 0 unspecified atom stereocenters. The Morgan fingerprint density at radius 3 is 2.35 bits per heavy atom. The fourth-order valence-electron chi connectivity index (χ4n) is 1.01. The largest absolute Gasteiger partial charge is 0.468 e. The van der Waals surface area contributed by atoms with Crippen molar-refractivity contribution in [3.63, 3.8) is 0 Å². The first kappa shape index (κ1) is 13.7. The van der Waals surface area contributed by atoms with Gasteiger partial charge in [0.15, 0.2) is 0 Å². The molecule has 0 saturated heterocycles. The Bertz CT molecular complexity index is 391. The van der Waals surface area contributed by atoms with Crippen molar-refractivity contribution in [3.05, 3.63) is 28.7 Å². The number of hydrogen-bond acceptors (Lipinski definition) is 5. The van der Waals surface area contributed by atoms with Crippen molar-refractivity contribution in [2.45, 2.75) is 0 Å². The molecule has 1 aromatic rings. The topological polar surface area (TPSA) is 64.6 Å². The first-order valence-electron chi connectivity index (χ1n) is 4.85. The zero-order chi connectivity index (χ0) is 12.7. The van der Waals surface area contributed by atoms with Gasteiger partial charge < -0.3 is 9.47 Å². The summed E-state index contributed by atoms with van der Waals surface area (Å²) in [5, 5.41) is 2.61. The number of halogens is 1. The predicted molar refractivity (Wildman–Crippen MR) is 64.7 cm³/mol. The molecule has 92 valence electrons. The monoisotopic (exact) mass is 301 g/mol. The van der Waals surface area contributed by atoms with Crippen LogP contribution < -0.4 is 10.1 Å². The molecule has 0 amide bonds. The normalized spacial score (nSPS) is 9.76. The zero-order valence-electron chi connectivity index (χ0n) is 9.23. The number of hydrogen-bond donors (Lipinski definition) is 1. The van der Waals surface area contributed by atoms with Crippen LogP contribution in [0.25, 0.3) is 0 Å². The molecule has 1 rings (SSSR count). The Kier molecular flexibility index (Phi) is 5.65. The SMILES string of the molecule is COC(=O)CNCC(=O)Oc1ccc(Br)cc1. The molecule has 0 fully saturated rings. The Balaban J connectivity index is 2.30. The van der Waals surface area contributed by atoms with Crippen LogP contribution in [0.4, 0.5) is 0 Å². The lowest BCUT2D eigenvalue weighted by Crippen LogP contribution is -2.31. The quantitative estimate of drug-likeness (QED) is 0.652. The highest BCUT2D eigenvalue weighted by Crippen LogP contribution is 2.15. The molecule has 0 aromatic heterocycles. The highest BCUT2D eigenvalue weighted by Gasteiger charge is 2.06. The van der Waals surface area contributed by atoms with Gasteiger partial charge in [-0.2, -0.15) is 0 Å². The standard InChI is InChI=1S/C11H12BrNO4/c1-16-10(14)6-13-7-11(15)17-9-4-2-8(12)3-5-9/h2-5,13H,6-7H2,1H3. The van der Waals surface area contributed by atoms with Crippen molar-refractivity contribution in [3.8, 4) is 5.75 Å². The second kappa shape index (κ2) is 7.03. The van der Waals surface area contributed by atoms with E-state index in [0.29, 0.717) is 5.75 Å². The number of methoxy groups -OCH3 is 1. The number of nitrogens with one attached hydrogen (secondary N) is 1. The molecule has 6 heteroatoms. The van der Waals surface area contributed by atoms with E-state index in [2.05, 4.69) is 26.0 Å². The Labute approximate surface area is 107 Å². The molecule has 0 aliphatic heterocycles. The van der Waals surface area contributed by atoms with Crippen LogP contribution in [0.1, 0.15) is 0 Å². The van der Waals surface area contributed by atoms with Crippen molar-refractivity contribution in [2.75, 3.05) is 20.2 Å². The van der Waals surface area contributed by atoms with Gasteiger partial charge in [-0.1, -0.05) is 15.9 Å². The first-order valence-corrected chi connectivity index (χ1v) is 5.65. The van der Waals surface area contributed by atoms with E-state index in [1.807, 2.05) is 0 Å². The highest BCUT2D eigenvalue weighted by atomic mass is 79.9. The molecule has 17 heavy (non-hydrogen) atoms. The van der Waals surface area contributed by atoms with Crippen LogP contribution in [-0.4, -0.2) is 32.1 Å². The Morgan fingerprint density at radius 1 is 1.18 bits per heavy atom. The summed E-state index contributed by atoms with van der Waals surface area (Å²) in [7, 11) is 1.28. The Morgan fingerprint density at radius 2 is 1.76 bits per heavy atom. The van der Waals surface area contributed by atoms with Gasteiger partial charge in [-0.05, 0) is 24.3 Å². The van der Waals surface area contributed by atoms with Crippen molar-refractivity contribution < 1.29 is 19.1 Å². The summed E-state index contributed by atoms with van der Waals surface area (Å²) in [6.45, 7) is -0.0723. The van der Waals surface area contributed by atoms with Crippen molar-refractivity contribution in [1.29, 1.82) is 0 Å². The predicted octanol–water partition coefficient (Wildman–Crippen LogP) is 1.12. The lowest BCUT2D eigenvalue weighted by molar-refractivity contribution is -0.139. The van der Waals surface area contributed by atoms with Gasteiger partial charge in [-0.3, -0.25) is 14.9 Å². The smallest absolute Gasteiger partial charge is 0.325 e. The molecular weight excluding hydrogens is 290 g/mol. The molecule has 5 nitrogen and oxygen atoms in total. The van der Waals surface area contributed by atoms with E-state index in [1.54, 1.807) is 24.3 Å². The maximum absolute atomic E-state index is 11.3. The number of esters is 2. The van der Waals surface area contributed by atoms with Gasteiger partial charge in [0, 0.05) is 4.47 Å². The molecule has 0 spiro atoms. The van der Waals surface area contributed by atoms with Crippen LogP contribution in [-0.2, 0) is 14.3 Å². The van der Waals surface area contributed by atoms with E-state index in [9.17, 15) is 9.59 Å². The van der Waals surface area contributed by atoms with Gasteiger partial charge in [0.2, 0.25) is 0 Å². The summed E-state index contributed by atoms with van der Waals surface area (Å²) in [5.41, 5.74) is 0. The fraction of sp³-hybridized carbons (Fsp3) is 0.273. The third kappa shape index (κ3) is 5.46. The van der Waals surface area contributed by atoms with E-state index in [1.165, 1.54) is 7.11 Å². The van der Waals surface area contributed by atoms with Crippen LogP contribution in [0, 0.1) is 0 Å². The highest BCUT2D eigenvalue weighted by molar-refractivity contribution is 9.10. The van der Waals surface area contributed by atoms with E-state index in [0.717, 1.165) is 4.47 Å². The van der Waals surface area contributed by atoms with Crippen LogP contribution in [0.3, 0.4) is 0 Å². The lowest BCUT2D eigenvalue weighted by Gasteiger charge is -2.05. The fourth-order valence-corrected chi connectivity index (χ4v) is 1.27. The first-order chi connectivity index (χ1) is 8.11. The van der Waals surface area contributed by atoms with Gasteiger partial charge in [0.1, 0.15) is 5.75 Å². The van der Waals surface area contributed by atoms with Gasteiger partial charge >= 0.3 is 11.9 Å².